The Bertz CT molecular complexity index is 335. The highest BCUT2D eigenvalue weighted by atomic mass is 15.1. The van der Waals surface area contributed by atoms with Gasteiger partial charge >= 0.3 is 0 Å². The molecule has 0 radical (unpaired) electrons. The van der Waals surface area contributed by atoms with Crippen molar-refractivity contribution in [1.82, 2.24) is 14.9 Å². The van der Waals surface area contributed by atoms with Crippen LogP contribution in [-0.4, -0.2) is 21.6 Å². The Morgan fingerprint density at radius 2 is 2.38 bits per heavy atom. The molecule has 90 valence electrons. The minimum absolute atomic E-state index is 0.276. The second-order valence-electron chi connectivity index (χ2n) is 5.15. The third-order valence-electron chi connectivity index (χ3n) is 4.00. The largest absolute Gasteiger partial charge is 0.335 e. The average Bonchev–Trinajstić information content (AvgIpc) is 2.88. The Balaban J connectivity index is 2.18. The summed E-state index contributed by atoms with van der Waals surface area (Å²) >= 11 is 0. The first-order valence-corrected chi connectivity index (χ1v) is 6.43. The quantitative estimate of drug-likeness (QED) is 0.845. The van der Waals surface area contributed by atoms with E-state index in [1.54, 1.807) is 0 Å². The maximum absolute atomic E-state index is 4.50. The molecule has 16 heavy (non-hydrogen) atoms. The van der Waals surface area contributed by atoms with Gasteiger partial charge in [-0.2, -0.15) is 0 Å². The van der Waals surface area contributed by atoms with Crippen molar-refractivity contribution in [3.05, 3.63) is 18.2 Å². The highest BCUT2D eigenvalue weighted by molar-refractivity contribution is 5.05. The number of aryl methyl sites for hydroxylation is 1. The Morgan fingerprint density at radius 1 is 1.56 bits per heavy atom. The topological polar surface area (TPSA) is 29.9 Å². The highest BCUT2D eigenvalue weighted by Gasteiger charge is 2.37. The van der Waals surface area contributed by atoms with Gasteiger partial charge in [-0.15, -0.1) is 0 Å². The molecule has 1 aliphatic heterocycles. The molecule has 0 spiro atoms. The van der Waals surface area contributed by atoms with Gasteiger partial charge in [-0.05, 0) is 32.2 Å². The van der Waals surface area contributed by atoms with Gasteiger partial charge in [0.05, 0.1) is 0 Å². The Hall–Kier alpha value is -0.830. The van der Waals surface area contributed by atoms with Crippen LogP contribution in [0.1, 0.15) is 39.4 Å². The lowest BCUT2D eigenvalue weighted by atomic mass is 9.82. The maximum Gasteiger partial charge on any atom is 0.110 e. The number of rotatable bonds is 4. The van der Waals surface area contributed by atoms with E-state index in [1.807, 2.05) is 6.20 Å². The number of aromatic nitrogens is 2. The van der Waals surface area contributed by atoms with Crippen molar-refractivity contribution in [3.8, 4) is 0 Å². The van der Waals surface area contributed by atoms with Gasteiger partial charge in [-0.1, -0.05) is 13.8 Å². The molecule has 0 aliphatic carbocycles. The van der Waals surface area contributed by atoms with Crippen LogP contribution in [0.5, 0.6) is 0 Å². The number of nitrogens with zero attached hydrogens (tertiary/aromatic N) is 2. The van der Waals surface area contributed by atoms with E-state index in [0.717, 1.165) is 19.5 Å². The smallest absolute Gasteiger partial charge is 0.110 e. The summed E-state index contributed by atoms with van der Waals surface area (Å²) < 4.78 is 2.25. The van der Waals surface area contributed by atoms with Crippen LogP contribution >= 0.6 is 0 Å². The van der Waals surface area contributed by atoms with E-state index in [-0.39, 0.29) is 5.54 Å². The molecule has 1 aromatic heterocycles. The minimum atomic E-state index is 0.276. The van der Waals surface area contributed by atoms with Crippen LogP contribution in [0, 0.1) is 5.92 Å². The zero-order valence-electron chi connectivity index (χ0n) is 10.7. The first-order chi connectivity index (χ1) is 7.68. The van der Waals surface area contributed by atoms with Crippen LogP contribution < -0.4 is 5.32 Å². The Labute approximate surface area is 98.3 Å². The molecule has 3 heteroatoms. The summed E-state index contributed by atoms with van der Waals surface area (Å²) in [6, 6.07) is 0. The van der Waals surface area contributed by atoms with E-state index in [2.05, 4.69) is 41.8 Å². The van der Waals surface area contributed by atoms with Crippen LogP contribution in [0.15, 0.2) is 12.4 Å². The zero-order chi connectivity index (χ0) is 11.6. The van der Waals surface area contributed by atoms with Crippen LogP contribution in [-0.2, 0) is 13.0 Å². The van der Waals surface area contributed by atoms with Gasteiger partial charge < -0.3 is 9.88 Å². The van der Waals surface area contributed by atoms with Gasteiger partial charge in [0.1, 0.15) is 5.82 Å². The lowest BCUT2D eigenvalue weighted by molar-refractivity contribution is 0.262. The molecule has 0 saturated carbocycles. The predicted octanol–water partition coefficient (Wildman–Crippen LogP) is 2.22. The monoisotopic (exact) mass is 221 g/mol. The predicted molar refractivity (Wildman–Crippen MR) is 66.4 cm³/mol. The van der Waals surface area contributed by atoms with Gasteiger partial charge in [0.2, 0.25) is 0 Å². The maximum atomic E-state index is 4.50. The molecule has 2 heterocycles. The summed E-state index contributed by atoms with van der Waals surface area (Å²) in [4.78, 5) is 4.50. The fraction of sp³-hybridized carbons (Fsp3) is 0.769. The number of imidazole rings is 1. The summed E-state index contributed by atoms with van der Waals surface area (Å²) in [6.07, 6.45) is 7.64. The summed E-state index contributed by atoms with van der Waals surface area (Å²) in [5.41, 5.74) is 0.276. The fourth-order valence-corrected chi connectivity index (χ4v) is 2.75. The van der Waals surface area contributed by atoms with Crippen LogP contribution in [0.2, 0.25) is 0 Å². The number of nitrogens with one attached hydrogen (secondary N) is 1. The van der Waals surface area contributed by atoms with E-state index >= 15 is 0 Å². The fourth-order valence-electron chi connectivity index (χ4n) is 2.75. The normalized spacial score (nSPS) is 25.5. The molecule has 3 nitrogen and oxygen atoms in total. The molecular formula is C13H23N3. The molecule has 0 aromatic carbocycles. The van der Waals surface area contributed by atoms with Gasteiger partial charge in [-0.3, -0.25) is 0 Å². The molecule has 0 amide bonds. The lowest BCUT2D eigenvalue weighted by Gasteiger charge is -2.33. The van der Waals surface area contributed by atoms with Crippen molar-refractivity contribution in [2.75, 3.05) is 6.54 Å². The van der Waals surface area contributed by atoms with E-state index in [4.69, 9.17) is 0 Å². The molecule has 1 atom stereocenters. The summed E-state index contributed by atoms with van der Waals surface area (Å²) in [6.45, 7) is 8.99. The molecule has 1 aromatic rings. The SMILES string of the molecule is CCn1ccnc1CC1(C(C)C)CCCN1. The summed E-state index contributed by atoms with van der Waals surface area (Å²) in [5.74, 6) is 1.89. The van der Waals surface area contributed by atoms with Gasteiger partial charge in [0, 0.05) is 30.9 Å². The van der Waals surface area contributed by atoms with E-state index in [1.165, 1.54) is 18.7 Å². The van der Waals surface area contributed by atoms with Crippen molar-refractivity contribution in [2.24, 2.45) is 5.92 Å². The van der Waals surface area contributed by atoms with Crippen molar-refractivity contribution in [3.63, 3.8) is 0 Å². The summed E-state index contributed by atoms with van der Waals surface area (Å²) in [7, 11) is 0. The van der Waals surface area contributed by atoms with E-state index in [0.29, 0.717) is 5.92 Å². The van der Waals surface area contributed by atoms with Crippen LogP contribution in [0.4, 0.5) is 0 Å². The van der Waals surface area contributed by atoms with Crippen LogP contribution in [0.25, 0.3) is 0 Å². The van der Waals surface area contributed by atoms with Crippen LogP contribution in [0.3, 0.4) is 0 Å². The summed E-state index contributed by atoms with van der Waals surface area (Å²) in [5, 5.41) is 3.71. The molecule has 1 fully saturated rings. The van der Waals surface area contributed by atoms with Crippen molar-refractivity contribution < 1.29 is 0 Å². The lowest BCUT2D eigenvalue weighted by Crippen LogP contribution is -2.47. The molecule has 2 rings (SSSR count). The zero-order valence-corrected chi connectivity index (χ0v) is 10.7. The molecule has 0 bridgehead atoms. The number of hydrogen-bond acceptors (Lipinski definition) is 2. The van der Waals surface area contributed by atoms with E-state index < -0.39 is 0 Å². The van der Waals surface area contributed by atoms with Gasteiger partial charge in [-0.25, -0.2) is 4.98 Å². The second-order valence-corrected chi connectivity index (χ2v) is 5.15. The third kappa shape index (κ3) is 2.01. The van der Waals surface area contributed by atoms with E-state index in [9.17, 15) is 0 Å². The first kappa shape index (κ1) is 11.6. The third-order valence-corrected chi connectivity index (χ3v) is 4.00. The van der Waals surface area contributed by atoms with Crippen molar-refractivity contribution in [1.29, 1.82) is 0 Å². The minimum Gasteiger partial charge on any atom is -0.335 e. The standard InChI is InChI=1S/C13H23N3/c1-4-16-9-8-14-12(16)10-13(11(2)3)6-5-7-15-13/h8-9,11,15H,4-7,10H2,1-3H3. The van der Waals surface area contributed by atoms with Gasteiger partial charge in [0.25, 0.3) is 0 Å². The van der Waals surface area contributed by atoms with Gasteiger partial charge in [0.15, 0.2) is 0 Å². The average molecular weight is 221 g/mol. The van der Waals surface area contributed by atoms with Crippen molar-refractivity contribution >= 4 is 0 Å². The molecular weight excluding hydrogens is 198 g/mol. The Morgan fingerprint density at radius 3 is 2.94 bits per heavy atom. The Kier molecular flexibility index (Phi) is 3.33. The number of hydrogen-bond donors (Lipinski definition) is 1. The molecule has 1 aliphatic rings. The molecule has 1 N–H and O–H groups in total. The van der Waals surface area contributed by atoms with Crippen molar-refractivity contribution in [2.45, 2.75) is 52.1 Å². The molecule has 1 saturated heterocycles. The first-order valence-electron chi connectivity index (χ1n) is 6.43. The second kappa shape index (κ2) is 4.58. The molecule has 1 unspecified atom stereocenters. The highest BCUT2D eigenvalue weighted by Crippen LogP contribution is 2.30.